The molecule has 0 saturated carbocycles. The number of hydrogen-bond donors (Lipinski definition) is 2. The maximum atomic E-state index is 4.75. The van der Waals surface area contributed by atoms with E-state index in [-0.39, 0.29) is 0 Å². The molecule has 2 aromatic heterocycles. The lowest BCUT2D eigenvalue weighted by Gasteiger charge is -2.12. The number of hydrogen-bond acceptors (Lipinski definition) is 4. The van der Waals surface area contributed by atoms with Gasteiger partial charge in [0.2, 0.25) is 0 Å². The van der Waals surface area contributed by atoms with Crippen molar-refractivity contribution in [3.63, 3.8) is 0 Å². The molecular formula is C19H24N6S. The number of guanidine groups is 1. The summed E-state index contributed by atoms with van der Waals surface area (Å²) < 4.78 is 2.01. The largest absolute Gasteiger partial charge is 0.357 e. The zero-order valence-electron chi connectivity index (χ0n) is 15.4. The fourth-order valence-corrected chi connectivity index (χ4v) is 3.58. The van der Waals surface area contributed by atoms with Crippen LogP contribution >= 0.6 is 11.3 Å². The first-order valence-corrected chi connectivity index (χ1v) is 9.50. The van der Waals surface area contributed by atoms with E-state index in [1.54, 1.807) is 23.9 Å². The predicted octanol–water partition coefficient (Wildman–Crippen LogP) is 3.20. The molecule has 3 aromatic rings. The van der Waals surface area contributed by atoms with Crippen molar-refractivity contribution in [3.8, 4) is 5.69 Å². The van der Waals surface area contributed by atoms with E-state index < -0.39 is 0 Å². The van der Waals surface area contributed by atoms with Crippen LogP contribution in [0.5, 0.6) is 0 Å². The molecule has 0 atom stereocenters. The maximum Gasteiger partial charge on any atom is 0.191 e. The molecule has 0 aliphatic carbocycles. The van der Waals surface area contributed by atoms with Crippen LogP contribution in [0.1, 0.15) is 28.1 Å². The van der Waals surface area contributed by atoms with E-state index in [1.165, 1.54) is 4.88 Å². The third-order valence-corrected chi connectivity index (χ3v) is 5.01. The summed E-state index contributed by atoms with van der Waals surface area (Å²) in [5, 5.41) is 7.81. The van der Waals surface area contributed by atoms with Crippen LogP contribution in [0.25, 0.3) is 5.69 Å². The highest BCUT2D eigenvalue weighted by atomic mass is 32.1. The summed E-state index contributed by atoms with van der Waals surface area (Å²) in [6.07, 6.45) is 5.53. The molecule has 0 fully saturated rings. The Labute approximate surface area is 158 Å². The van der Waals surface area contributed by atoms with Crippen LogP contribution < -0.4 is 10.6 Å². The molecule has 2 heterocycles. The zero-order valence-corrected chi connectivity index (χ0v) is 16.2. The number of rotatable bonds is 6. The van der Waals surface area contributed by atoms with Crippen LogP contribution in [0, 0.1) is 13.8 Å². The molecule has 2 N–H and O–H groups in total. The van der Waals surface area contributed by atoms with Gasteiger partial charge in [0.15, 0.2) is 5.96 Å². The minimum atomic E-state index is 0.588. The van der Waals surface area contributed by atoms with Gasteiger partial charge in [-0.05, 0) is 32.4 Å². The van der Waals surface area contributed by atoms with Crippen molar-refractivity contribution >= 4 is 17.3 Å². The Morgan fingerprint density at radius 2 is 2.08 bits per heavy atom. The molecule has 26 heavy (non-hydrogen) atoms. The Balaban J connectivity index is 1.73. The lowest BCUT2D eigenvalue weighted by atomic mass is 10.2. The summed E-state index contributed by atoms with van der Waals surface area (Å²) in [5.41, 5.74) is 3.33. The Hall–Kier alpha value is -2.67. The third kappa shape index (κ3) is 4.49. The van der Waals surface area contributed by atoms with Crippen LogP contribution in [-0.4, -0.2) is 27.0 Å². The van der Waals surface area contributed by atoms with Gasteiger partial charge in [-0.1, -0.05) is 18.2 Å². The summed E-state index contributed by atoms with van der Waals surface area (Å²) in [4.78, 5) is 14.6. The first kappa shape index (κ1) is 18.1. The normalized spacial score (nSPS) is 11.6. The van der Waals surface area contributed by atoms with Gasteiger partial charge < -0.3 is 15.2 Å². The topological polar surface area (TPSA) is 67.1 Å². The maximum absolute atomic E-state index is 4.75. The summed E-state index contributed by atoms with van der Waals surface area (Å²) >= 11 is 1.72. The second kappa shape index (κ2) is 8.62. The molecular weight excluding hydrogens is 344 g/mol. The Kier molecular flexibility index (Phi) is 6.01. The smallest absolute Gasteiger partial charge is 0.191 e. The number of benzene rings is 1. The van der Waals surface area contributed by atoms with Crippen molar-refractivity contribution in [2.24, 2.45) is 4.99 Å². The minimum absolute atomic E-state index is 0.588. The molecule has 0 spiro atoms. The lowest BCUT2D eigenvalue weighted by molar-refractivity contribution is 0.817. The molecule has 136 valence electrons. The quantitative estimate of drug-likeness (QED) is 0.518. The van der Waals surface area contributed by atoms with Gasteiger partial charge in [0, 0.05) is 23.8 Å². The second-order valence-electron chi connectivity index (χ2n) is 5.89. The van der Waals surface area contributed by atoms with Crippen LogP contribution in [0.4, 0.5) is 0 Å². The molecule has 0 saturated heterocycles. The van der Waals surface area contributed by atoms with Crippen molar-refractivity contribution < 1.29 is 0 Å². The van der Waals surface area contributed by atoms with Crippen LogP contribution in [0.3, 0.4) is 0 Å². The molecule has 0 unspecified atom stereocenters. The summed E-state index contributed by atoms with van der Waals surface area (Å²) in [6, 6.07) is 8.24. The summed E-state index contributed by atoms with van der Waals surface area (Å²) in [7, 11) is 0. The van der Waals surface area contributed by atoms with E-state index in [1.807, 2.05) is 36.7 Å². The average Bonchev–Trinajstić information content (AvgIpc) is 3.27. The SMILES string of the molecule is CCNC(=NCc1ccccc1-n1ccnc1)NCc1sc(C)nc1C. The van der Waals surface area contributed by atoms with Gasteiger partial charge in [-0.2, -0.15) is 0 Å². The van der Waals surface area contributed by atoms with Crippen molar-refractivity contribution in [1.29, 1.82) is 0 Å². The van der Waals surface area contributed by atoms with Gasteiger partial charge in [-0.15, -0.1) is 11.3 Å². The first-order valence-electron chi connectivity index (χ1n) is 8.68. The average molecular weight is 369 g/mol. The van der Waals surface area contributed by atoms with E-state index in [2.05, 4.69) is 39.7 Å². The number of aryl methyl sites for hydroxylation is 2. The van der Waals surface area contributed by atoms with Crippen molar-refractivity contribution in [2.45, 2.75) is 33.9 Å². The van der Waals surface area contributed by atoms with Crippen molar-refractivity contribution in [3.05, 3.63) is 64.1 Å². The number of nitrogens with zero attached hydrogens (tertiary/aromatic N) is 4. The molecule has 0 radical (unpaired) electrons. The van der Waals surface area contributed by atoms with Gasteiger partial charge in [0.05, 0.1) is 35.8 Å². The number of thiazole rings is 1. The highest BCUT2D eigenvalue weighted by molar-refractivity contribution is 7.11. The molecule has 7 heteroatoms. The van der Waals surface area contributed by atoms with Gasteiger partial charge in [0.25, 0.3) is 0 Å². The molecule has 3 rings (SSSR count). The summed E-state index contributed by atoms with van der Waals surface area (Å²) in [6.45, 7) is 8.28. The Bertz CT molecular complexity index is 866. The molecule has 6 nitrogen and oxygen atoms in total. The van der Waals surface area contributed by atoms with Gasteiger partial charge >= 0.3 is 0 Å². The minimum Gasteiger partial charge on any atom is -0.357 e. The number of para-hydroxylation sites is 1. The van der Waals surface area contributed by atoms with Crippen molar-refractivity contribution in [2.75, 3.05) is 6.54 Å². The Morgan fingerprint density at radius 1 is 1.23 bits per heavy atom. The third-order valence-electron chi connectivity index (χ3n) is 3.94. The van der Waals surface area contributed by atoms with Crippen LogP contribution in [0.2, 0.25) is 0 Å². The summed E-state index contributed by atoms with van der Waals surface area (Å²) in [5.74, 6) is 0.804. The van der Waals surface area contributed by atoms with E-state index >= 15 is 0 Å². The predicted molar refractivity (Wildman–Crippen MR) is 107 cm³/mol. The number of aromatic nitrogens is 3. The van der Waals surface area contributed by atoms with E-state index in [0.717, 1.165) is 41.0 Å². The van der Waals surface area contributed by atoms with Crippen LogP contribution in [0.15, 0.2) is 48.0 Å². The molecule has 0 aliphatic heterocycles. The van der Waals surface area contributed by atoms with Gasteiger partial charge in [-0.3, -0.25) is 0 Å². The van der Waals surface area contributed by atoms with Gasteiger partial charge in [-0.25, -0.2) is 15.0 Å². The number of nitrogens with one attached hydrogen (secondary N) is 2. The van der Waals surface area contributed by atoms with Crippen LogP contribution in [-0.2, 0) is 13.1 Å². The van der Waals surface area contributed by atoms with E-state index in [0.29, 0.717) is 6.54 Å². The first-order chi connectivity index (χ1) is 12.7. The number of aliphatic imine (C=N–C) groups is 1. The molecule has 0 aliphatic rings. The molecule has 0 bridgehead atoms. The molecule has 1 aromatic carbocycles. The fraction of sp³-hybridized carbons (Fsp3) is 0.316. The zero-order chi connectivity index (χ0) is 18.4. The Morgan fingerprint density at radius 3 is 2.77 bits per heavy atom. The lowest BCUT2D eigenvalue weighted by Crippen LogP contribution is -2.36. The highest BCUT2D eigenvalue weighted by Crippen LogP contribution is 2.17. The monoisotopic (exact) mass is 368 g/mol. The van der Waals surface area contributed by atoms with E-state index in [9.17, 15) is 0 Å². The van der Waals surface area contributed by atoms with Gasteiger partial charge in [0.1, 0.15) is 0 Å². The standard InChI is InChI=1S/C19H24N6S/c1-4-21-19(23-12-18-14(2)24-15(3)26-18)22-11-16-7-5-6-8-17(16)25-10-9-20-13-25/h5-10,13H,4,11-12H2,1-3H3,(H2,21,22,23). The highest BCUT2D eigenvalue weighted by Gasteiger charge is 2.07. The van der Waals surface area contributed by atoms with E-state index in [4.69, 9.17) is 4.99 Å². The molecule has 0 amide bonds. The fourth-order valence-electron chi connectivity index (χ4n) is 2.71. The second-order valence-corrected chi connectivity index (χ2v) is 7.18. The van der Waals surface area contributed by atoms with Crippen molar-refractivity contribution in [1.82, 2.24) is 25.2 Å². The number of imidazole rings is 1.